The Morgan fingerprint density at radius 1 is 1.07 bits per heavy atom. The lowest BCUT2D eigenvalue weighted by atomic mass is 9.60. The van der Waals surface area contributed by atoms with Gasteiger partial charge in [0.25, 0.3) is 0 Å². The predicted molar refractivity (Wildman–Crippen MR) is 101 cm³/mol. The molecule has 0 unspecified atom stereocenters. The first-order valence-corrected chi connectivity index (χ1v) is 9.62. The van der Waals surface area contributed by atoms with E-state index in [4.69, 9.17) is 0 Å². The van der Waals surface area contributed by atoms with Crippen molar-refractivity contribution in [2.75, 3.05) is 58.8 Å². The molecule has 1 atom stereocenters. The Bertz CT molecular complexity index is 731. The van der Waals surface area contributed by atoms with Crippen LogP contribution in [0.5, 0.6) is 0 Å². The maximum Gasteiger partial charge on any atom is 0.319 e. The zero-order chi connectivity index (χ0) is 19.2. The summed E-state index contributed by atoms with van der Waals surface area (Å²) < 4.78 is 0. The molecule has 3 amide bonds. The van der Waals surface area contributed by atoms with Crippen LogP contribution < -0.4 is 4.90 Å². The third-order valence-corrected chi connectivity index (χ3v) is 6.81. The normalized spacial score (nSPS) is 27.1. The molecule has 3 fully saturated rings. The fraction of sp³-hybridized carbons (Fsp3) is 0.684. The van der Waals surface area contributed by atoms with Crippen LogP contribution in [0.25, 0.3) is 0 Å². The minimum absolute atomic E-state index is 0.0509. The zero-order valence-electron chi connectivity index (χ0n) is 16.4. The first-order valence-electron chi connectivity index (χ1n) is 9.62. The number of likely N-dealkylation sites (tertiary alicyclic amines) is 2. The van der Waals surface area contributed by atoms with Gasteiger partial charge in [-0.15, -0.1) is 0 Å². The maximum atomic E-state index is 13.3. The Morgan fingerprint density at radius 3 is 2.30 bits per heavy atom. The number of fused-ring (bicyclic) bond motifs is 1. The first-order chi connectivity index (χ1) is 12.9. The summed E-state index contributed by atoms with van der Waals surface area (Å²) in [5, 5.41) is 0. The smallest absolute Gasteiger partial charge is 0.319 e. The molecule has 3 aliphatic heterocycles. The molecule has 0 aromatic carbocycles. The van der Waals surface area contributed by atoms with Crippen LogP contribution in [-0.2, 0) is 4.79 Å². The molecule has 3 aliphatic rings. The number of urea groups is 1. The van der Waals surface area contributed by atoms with Crippen LogP contribution in [0, 0.1) is 10.8 Å². The Labute approximate surface area is 160 Å². The second-order valence-electron chi connectivity index (χ2n) is 8.41. The molecule has 8 heteroatoms. The van der Waals surface area contributed by atoms with Gasteiger partial charge in [-0.25, -0.2) is 14.8 Å². The van der Waals surface area contributed by atoms with E-state index in [1.165, 1.54) is 0 Å². The maximum absolute atomic E-state index is 13.3. The van der Waals surface area contributed by atoms with E-state index >= 15 is 0 Å². The second kappa shape index (κ2) is 6.35. The summed E-state index contributed by atoms with van der Waals surface area (Å²) in [6.45, 7) is 3.63. The number of hydrogen-bond acceptors (Lipinski definition) is 5. The number of carbonyl (C=O) groups excluding carboxylic acids is 2. The highest BCUT2D eigenvalue weighted by Gasteiger charge is 2.65. The quantitative estimate of drug-likeness (QED) is 0.733. The number of anilines is 1. The summed E-state index contributed by atoms with van der Waals surface area (Å²) in [6.07, 6.45) is 6.06. The minimum atomic E-state index is -0.395. The molecule has 3 saturated heterocycles. The molecule has 1 aromatic rings. The van der Waals surface area contributed by atoms with Crippen molar-refractivity contribution >= 4 is 17.9 Å². The van der Waals surface area contributed by atoms with Gasteiger partial charge in [0.1, 0.15) is 0 Å². The highest BCUT2D eigenvalue weighted by atomic mass is 16.2. The van der Waals surface area contributed by atoms with Gasteiger partial charge in [-0.3, -0.25) is 4.79 Å². The summed E-state index contributed by atoms with van der Waals surface area (Å²) in [7, 11) is 5.47. The zero-order valence-corrected chi connectivity index (χ0v) is 16.4. The minimum Gasteiger partial charge on any atom is -0.345 e. The molecule has 2 spiro atoms. The average molecular weight is 372 g/mol. The number of nitrogens with zero attached hydrogens (tertiary/aromatic N) is 6. The fourth-order valence-electron chi connectivity index (χ4n) is 5.28. The van der Waals surface area contributed by atoms with E-state index < -0.39 is 5.41 Å². The van der Waals surface area contributed by atoms with Crippen LogP contribution >= 0.6 is 0 Å². The molecule has 0 aliphatic carbocycles. The van der Waals surface area contributed by atoms with Crippen molar-refractivity contribution in [1.82, 2.24) is 24.7 Å². The van der Waals surface area contributed by atoms with Gasteiger partial charge in [-0.1, -0.05) is 0 Å². The van der Waals surface area contributed by atoms with Crippen LogP contribution in [0.4, 0.5) is 10.7 Å². The number of aromatic nitrogens is 2. The third-order valence-electron chi connectivity index (χ3n) is 6.81. The van der Waals surface area contributed by atoms with Gasteiger partial charge in [0.15, 0.2) is 0 Å². The number of hydrogen-bond donors (Lipinski definition) is 0. The molecule has 0 saturated carbocycles. The number of rotatable bonds is 1. The largest absolute Gasteiger partial charge is 0.345 e. The molecule has 146 valence electrons. The molecule has 4 rings (SSSR count). The monoisotopic (exact) mass is 372 g/mol. The summed E-state index contributed by atoms with van der Waals surface area (Å²) in [5.41, 5.74) is -0.522. The molecule has 0 radical (unpaired) electrons. The lowest BCUT2D eigenvalue weighted by Gasteiger charge is -2.46. The van der Waals surface area contributed by atoms with E-state index in [1.54, 1.807) is 31.4 Å². The van der Waals surface area contributed by atoms with E-state index in [2.05, 4.69) is 14.9 Å². The average Bonchev–Trinajstić information content (AvgIpc) is 3.16. The van der Waals surface area contributed by atoms with Crippen LogP contribution in [0.2, 0.25) is 0 Å². The Balaban J connectivity index is 1.63. The summed E-state index contributed by atoms with van der Waals surface area (Å²) in [5.74, 6) is 0.941. The van der Waals surface area contributed by atoms with E-state index in [9.17, 15) is 9.59 Å². The van der Waals surface area contributed by atoms with Crippen molar-refractivity contribution in [2.24, 2.45) is 10.8 Å². The van der Waals surface area contributed by atoms with Crippen molar-refractivity contribution in [3.8, 4) is 0 Å². The first kappa shape index (κ1) is 18.0. The van der Waals surface area contributed by atoms with Gasteiger partial charge in [0.05, 0.1) is 5.41 Å². The van der Waals surface area contributed by atoms with Crippen LogP contribution in [0.1, 0.15) is 19.3 Å². The highest BCUT2D eigenvalue weighted by Crippen LogP contribution is 2.58. The third kappa shape index (κ3) is 2.64. The Hall–Kier alpha value is -2.38. The van der Waals surface area contributed by atoms with E-state index in [-0.39, 0.29) is 17.4 Å². The molecule has 4 heterocycles. The van der Waals surface area contributed by atoms with Crippen molar-refractivity contribution in [1.29, 1.82) is 0 Å². The SMILES string of the molecule is CN(C)C(=O)N1CCC2(CC1)CN(c1ncccn1)C[C@]21CCN(C)C1=O. The van der Waals surface area contributed by atoms with Gasteiger partial charge in [0, 0.05) is 71.7 Å². The summed E-state index contributed by atoms with van der Waals surface area (Å²) >= 11 is 0. The van der Waals surface area contributed by atoms with Gasteiger partial charge < -0.3 is 19.6 Å². The molecule has 1 aromatic heterocycles. The van der Waals surface area contributed by atoms with Crippen LogP contribution in [0.3, 0.4) is 0 Å². The van der Waals surface area contributed by atoms with Gasteiger partial charge in [-0.2, -0.15) is 0 Å². The van der Waals surface area contributed by atoms with Crippen molar-refractivity contribution < 1.29 is 9.59 Å². The van der Waals surface area contributed by atoms with Gasteiger partial charge >= 0.3 is 6.03 Å². The van der Waals surface area contributed by atoms with Crippen molar-refractivity contribution in [2.45, 2.75) is 19.3 Å². The van der Waals surface area contributed by atoms with Crippen molar-refractivity contribution in [3.05, 3.63) is 18.5 Å². The lowest BCUT2D eigenvalue weighted by molar-refractivity contribution is -0.140. The molecule has 0 N–H and O–H groups in total. The fourth-order valence-corrected chi connectivity index (χ4v) is 5.28. The summed E-state index contributed by atoms with van der Waals surface area (Å²) in [4.78, 5) is 42.1. The molecular weight excluding hydrogens is 344 g/mol. The second-order valence-corrected chi connectivity index (χ2v) is 8.41. The Morgan fingerprint density at radius 2 is 1.74 bits per heavy atom. The molecule has 0 bridgehead atoms. The lowest BCUT2D eigenvalue weighted by Crippen LogP contribution is -2.54. The number of carbonyl (C=O) groups is 2. The van der Waals surface area contributed by atoms with Crippen LogP contribution in [0.15, 0.2) is 18.5 Å². The van der Waals surface area contributed by atoms with E-state index in [0.29, 0.717) is 25.6 Å². The van der Waals surface area contributed by atoms with Crippen molar-refractivity contribution in [3.63, 3.8) is 0 Å². The predicted octanol–water partition coefficient (Wildman–Crippen LogP) is 0.909. The number of amides is 3. The Kier molecular flexibility index (Phi) is 4.24. The number of piperidine rings is 1. The van der Waals surface area contributed by atoms with E-state index in [1.807, 2.05) is 22.9 Å². The highest BCUT2D eigenvalue weighted by molar-refractivity contribution is 5.87. The molecule has 8 nitrogen and oxygen atoms in total. The molecular formula is C19H28N6O2. The van der Waals surface area contributed by atoms with E-state index in [0.717, 1.165) is 32.4 Å². The molecule has 27 heavy (non-hydrogen) atoms. The van der Waals surface area contributed by atoms with Gasteiger partial charge in [0.2, 0.25) is 11.9 Å². The summed E-state index contributed by atoms with van der Waals surface area (Å²) in [6, 6.07) is 1.86. The van der Waals surface area contributed by atoms with Gasteiger partial charge in [-0.05, 0) is 25.3 Å². The topological polar surface area (TPSA) is 72.9 Å². The van der Waals surface area contributed by atoms with Crippen LogP contribution in [-0.4, -0.2) is 90.5 Å². The standard InChI is InChI=1S/C19H28N6O2/c1-22(2)17(27)24-11-5-18(6-12-24)13-25(16-20-8-4-9-21-16)14-19(18)7-10-23(3)15(19)26/h4,8-9H,5-7,10-14H2,1-3H3/t19-/m0/s1.